The van der Waals surface area contributed by atoms with Gasteiger partial charge in [-0.3, -0.25) is 9.59 Å². The Labute approximate surface area is 189 Å². The number of rotatable bonds is 2. The molecule has 170 valence electrons. The van der Waals surface area contributed by atoms with Crippen LogP contribution in [0, 0.1) is 5.92 Å². The maximum Gasteiger partial charge on any atom is 0.416 e. The first-order valence-electron chi connectivity index (χ1n) is 10.8. The molecule has 0 N–H and O–H groups in total. The Morgan fingerprint density at radius 3 is 2.28 bits per heavy atom. The number of piperidine rings is 1. The van der Waals surface area contributed by atoms with Crippen molar-refractivity contribution < 1.29 is 22.8 Å². The monoisotopic (exact) mass is 464 g/mol. The number of carbonyl (C=O) groups is 2. The molecule has 2 aromatic rings. The molecule has 2 aromatic carbocycles. The van der Waals surface area contributed by atoms with Crippen LogP contribution in [0.3, 0.4) is 0 Å². The predicted molar refractivity (Wildman–Crippen MR) is 117 cm³/mol. The lowest BCUT2D eigenvalue weighted by molar-refractivity contribution is -0.137. The van der Waals surface area contributed by atoms with Crippen molar-refractivity contribution in [2.45, 2.75) is 38.3 Å². The Kier molecular flexibility index (Phi) is 6.47. The van der Waals surface area contributed by atoms with Crippen molar-refractivity contribution in [3.8, 4) is 0 Å². The summed E-state index contributed by atoms with van der Waals surface area (Å²) in [6.07, 6.45) is -0.562. The van der Waals surface area contributed by atoms with Gasteiger partial charge >= 0.3 is 6.18 Å². The number of hydrogen-bond donors (Lipinski definition) is 0. The average molecular weight is 465 g/mol. The van der Waals surface area contributed by atoms with E-state index >= 15 is 0 Å². The van der Waals surface area contributed by atoms with Gasteiger partial charge in [0.15, 0.2) is 0 Å². The molecule has 2 aliphatic rings. The van der Waals surface area contributed by atoms with E-state index in [0.29, 0.717) is 37.5 Å². The number of amides is 2. The molecular formula is C24H24ClF3N2O2. The number of anilines is 1. The Hall–Kier alpha value is -2.54. The highest BCUT2D eigenvalue weighted by molar-refractivity contribution is 6.30. The van der Waals surface area contributed by atoms with Gasteiger partial charge in [0.1, 0.15) is 0 Å². The first kappa shape index (κ1) is 22.6. The summed E-state index contributed by atoms with van der Waals surface area (Å²) in [6.45, 7) is 1.47. The molecule has 0 radical (unpaired) electrons. The molecule has 0 spiro atoms. The van der Waals surface area contributed by atoms with E-state index < -0.39 is 11.7 Å². The summed E-state index contributed by atoms with van der Waals surface area (Å²) in [7, 11) is 0. The first-order valence-corrected chi connectivity index (χ1v) is 11.2. The zero-order chi connectivity index (χ0) is 22.9. The van der Waals surface area contributed by atoms with Crippen LogP contribution in [0.4, 0.5) is 18.9 Å². The molecule has 0 atom stereocenters. The summed E-state index contributed by atoms with van der Waals surface area (Å²) in [5, 5.41) is 0.660. The van der Waals surface area contributed by atoms with E-state index in [0.717, 1.165) is 42.6 Å². The number of fused-ring (bicyclic) bond motifs is 1. The molecule has 0 aliphatic carbocycles. The number of benzene rings is 2. The molecule has 1 saturated heterocycles. The zero-order valence-corrected chi connectivity index (χ0v) is 18.3. The van der Waals surface area contributed by atoms with Gasteiger partial charge in [0.2, 0.25) is 5.91 Å². The highest BCUT2D eigenvalue weighted by atomic mass is 35.5. The lowest BCUT2D eigenvalue weighted by Crippen LogP contribution is -2.44. The second-order valence-electron chi connectivity index (χ2n) is 8.36. The second kappa shape index (κ2) is 9.14. The highest BCUT2D eigenvalue weighted by Crippen LogP contribution is 2.32. The van der Waals surface area contributed by atoms with E-state index in [4.69, 9.17) is 11.6 Å². The van der Waals surface area contributed by atoms with Crippen molar-refractivity contribution in [2.75, 3.05) is 24.5 Å². The quantitative estimate of drug-likeness (QED) is 0.582. The standard InChI is InChI=1S/C24H24ClF3N2O2/c25-20-8-9-21-18(15-20)3-1-2-12-30(21)23(32)17-10-13-29(14-11-17)22(31)16-4-6-19(7-5-16)24(26,27)28/h4-9,15,17H,1-3,10-14H2. The molecular weight excluding hydrogens is 441 g/mol. The van der Waals surface area contributed by atoms with E-state index in [1.165, 1.54) is 12.1 Å². The fourth-order valence-corrected chi connectivity index (χ4v) is 4.68. The van der Waals surface area contributed by atoms with Crippen molar-refractivity contribution in [3.63, 3.8) is 0 Å². The second-order valence-corrected chi connectivity index (χ2v) is 8.80. The van der Waals surface area contributed by atoms with Gasteiger partial charge in [-0.25, -0.2) is 0 Å². The summed E-state index contributed by atoms with van der Waals surface area (Å²) in [5.41, 5.74) is 1.44. The Bertz CT molecular complexity index is 999. The van der Waals surface area contributed by atoms with E-state index in [1.54, 1.807) is 11.0 Å². The van der Waals surface area contributed by atoms with Crippen LogP contribution in [0.5, 0.6) is 0 Å². The highest BCUT2D eigenvalue weighted by Gasteiger charge is 2.33. The van der Waals surface area contributed by atoms with Gasteiger partial charge in [-0.2, -0.15) is 13.2 Å². The average Bonchev–Trinajstić information content (AvgIpc) is 2.99. The molecule has 0 saturated carbocycles. The normalized spacial score (nSPS) is 17.6. The van der Waals surface area contributed by atoms with Gasteiger partial charge in [-0.1, -0.05) is 11.6 Å². The predicted octanol–water partition coefficient (Wildman–Crippen LogP) is 5.58. The minimum atomic E-state index is -4.43. The third-order valence-corrected chi connectivity index (χ3v) is 6.50. The Morgan fingerprint density at radius 2 is 1.62 bits per heavy atom. The first-order chi connectivity index (χ1) is 15.2. The van der Waals surface area contributed by atoms with Crippen LogP contribution in [0.15, 0.2) is 42.5 Å². The van der Waals surface area contributed by atoms with Crippen molar-refractivity contribution >= 4 is 29.1 Å². The molecule has 0 aromatic heterocycles. The van der Waals surface area contributed by atoms with Gasteiger partial charge in [-0.15, -0.1) is 0 Å². The molecule has 1 fully saturated rings. The minimum absolute atomic E-state index is 0.0668. The summed E-state index contributed by atoms with van der Waals surface area (Å²) >= 11 is 6.14. The van der Waals surface area contributed by atoms with Crippen LogP contribution in [-0.2, 0) is 17.4 Å². The number of hydrogen-bond acceptors (Lipinski definition) is 2. The summed E-state index contributed by atoms with van der Waals surface area (Å²) in [6, 6.07) is 9.90. The maximum atomic E-state index is 13.3. The molecule has 32 heavy (non-hydrogen) atoms. The third-order valence-electron chi connectivity index (χ3n) is 6.27. The maximum absolute atomic E-state index is 13.3. The van der Waals surface area contributed by atoms with Gasteiger partial charge < -0.3 is 9.80 Å². The fraction of sp³-hybridized carbons (Fsp3) is 0.417. The van der Waals surface area contributed by atoms with Crippen molar-refractivity contribution in [3.05, 3.63) is 64.2 Å². The topological polar surface area (TPSA) is 40.6 Å². The van der Waals surface area contributed by atoms with Gasteiger partial charge in [-0.05, 0) is 80.1 Å². The van der Waals surface area contributed by atoms with Crippen molar-refractivity contribution in [1.82, 2.24) is 4.90 Å². The van der Waals surface area contributed by atoms with Crippen LogP contribution in [0.25, 0.3) is 0 Å². The van der Waals surface area contributed by atoms with Gasteiger partial charge in [0.05, 0.1) is 5.56 Å². The van der Waals surface area contributed by atoms with Crippen LogP contribution < -0.4 is 4.90 Å². The van der Waals surface area contributed by atoms with Crippen LogP contribution >= 0.6 is 11.6 Å². The van der Waals surface area contributed by atoms with E-state index in [9.17, 15) is 22.8 Å². The number of nitrogens with zero attached hydrogens (tertiary/aromatic N) is 2. The molecule has 8 heteroatoms. The van der Waals surface area contributed by atoms with Gasteiger partial charge in [0, 0.05) is 41.8 Å². The fourth-order valence-electron chi connectivity index (χ4n) is 4.49. The zero-order valence-electron chi connectivity index (χ0n) is 17.5. The van der Waals surface area contributed by atoms with Crippen LogP contribution in [0.1, 0.15) is 47.2 Å². The van der Waals surface area contributed by atoms with E-state index in [1.807, 2.05) is 17.0 Å². The smallest absolute Gasteiger partial charge is 0.339 e. The largest absolute Gasteiger partial charge is 0.416 e. The van der Waals surface area contributed by atoms with E-state index in [2.05, 4.69) is 0 Å². The molecule has 2 heterocycles. The lowest BCUT2D eigenvalue weighted by atomic mass is 9.94. The molecule has 2 amide bonds. The Balaban J connectivity index is 1.40. The number of halogens is 4. The van der Waals surface area contributed by atoms with E-state index in [-0.39, 0.29) is 23.3 Å². The van der Waals surface area contributed by atoms with Crippen LogP contribution in [-0.4, -0.2) is 36.3 Å². The molecule has 4 rings (SSSR count). The molecule has 2 aliphatic heterocycles. The number of carbonyl (C=O) groups excluding carboxylic acids is 2. The number of likely N-dealkylation sites (tertiary alicyclic amines) is 1. The summed E-state index contributed by atoms with van der Waals surface area (Å²) in [5.74, 6) is -0.426. The third kappa shape index (κ3) is 4.77. The van der Waals surface area contributed by atoms with Crippen molar-refractivity contribution in [2.24, 2.45) is 5.92 Å². The number of alkyl halides is 3. The molecule has 0 bridgehead atoms. The van der Waals surface area contributed by atoms with Crippen LogP contribution in [0.2, 0.25) is 5.02 Å². The SMILES string of the molecule is O=C(c1ccc(C(F)(F)F)cc1)N1CCC(C(=O)N2CCCCc3cc(Cl)ccc32)CC1. The summed E-state index contributed by atoms with van der Waals surface area (Å²) in [4.78, 5) is 29.5. The lowest BCUT2D eigenvalue weighted by Gasteiger charge is -2.34. The molecule has 0 unspecified atom stereocenters. The minimum Gasteiger partial charge on any atom is -0.339 e. The summed E-state index contributed by atoms with van der Waals surface area (Å²) < 4.78 is 38.2. The number of aryl methyl sites for hydroxylation is 1. The Morgan fingerprint density at radius 1 is 0.938 bits per heavy atom. The van der Waals surface area contributed by atoms with Gasteiger partial charge in [0.25, 0.3) is 5.91 Å². The molecule has 4 nitrogen and oxygen atoms in total. The van der Waals surface area contributed by atoms with Crippen molar-refractivity contribution in [1.29, 1.82) is 0 Å².